The van der Waals surface area contributed by atoms with Crippen molar-refractivity contribution in [2.75, 3.05) is 13.1 Å². The molecule has 3 heterocycles. The second-order valence-corrected chi connectivity index (χ2v) is 7.99. The summed E-state index contributed by atoms with van der Waals surface area (Å²) in [6.45, 7) is 8.03. The Morgan fingerprint density at radius 1 is 1.07 bits per heavy atom. The zero-order valence-electron chi connectivity index (χ0n) is 16.7. The van der Waals surface area contributed by atoms with E-state index in [-0.39, 0.29) is 18.4 Å². The molecule has 146 valence electrons. The van der Waals surface area contributed by atoms with E-state index in [0.29, 0.717) is 22.9 Å². The third-order valence-corrected chi connectivity index (χ3v) is 5.79. The van der Waals surface area contributed by atoms with E-state index in [0.717, 1.165) is 42.6 Å². The van der Waals surface area contributed by atoms with Crippen molar-refractivity contribution < 1.29 is 14.0 Å². The summed E-state index contributed by atoms with van der Waals surface area (Å²) in [5.41, 5.74) is 4.08. The molecule has 1 saturated heterocycles. The van der Waals surface area contributed by atoms with Crippen LogP contribution in [0.2, 0.25) is 0 Å². The fourth-order valence-electron chi connectivity index (χ4n) is 4.13. The minimum Gasteiger partial charge on any atom is -0.467 e. The van der Waals surface area contributed by atoms with E-state index in [4.69, 9.17) is 4.42 Å². The number of nitrogens with zero attached hydrogens (tertiary/aromatic N) is 2. The molecule has 2 aromatic rings. The fourth-order valence-corrected chi connectivity index (χ4v) is 4.13. The summed E-state index contributed by atoms with van der Waals surface area (Å²) in [6.07, 6.45) is 3.62. The summed E-state index contributed by atoms with van der Waals surface area (Å²) in [7, 11) is 0. The Balaban J connectivity index is 1.77. The van der Waals surface area contributed by atoms with E-state index in [9.17, 15) is 9.59 Å². The number of rotatable bonds is 4. The van der Waals surface area contributed by atoms with Gasteiger partial charge in [-0.3, -0.25) is 14.5 Å². The van der Waals surface area contributed by atoms with Gasteiger partial charge in [0.25, 0.3) is 11.8 Å². The second-order valence-electron chi connectivity index (χ2n) is 7.99. The average Bonchev–Trinajstić information content (AvgIpc) is 3.25. The molecule has 1 aromatic heterocycles. The number of carbonyl (C=O) groups excluding carboxylic acids is 2. The predicted molar refractivity (Wildman–Crippen MR) is 107 cm³/mol. The predicted octanol–water partition coefficient (Wildman–Crippen LogP) is 3.91. The minimum absolute atomic E-state index is 0.160. The van der Waals surface area contributed by atoms with Crippen LogP contribution in [0.1, 0.15) is 42.2 Å². The lowest BCUT2D eigenvalue weighted by Gasteiger charge is -2.32. The van der Waals surface area contributed by atoms with Crippen molar-refractivity contribution in [2.45, 2.75) is 40.2 Å². The van der Waals surface area contributed by atoms with E-state index < -0.39 is 0 Å². The Morgan fingerprint density at radius 2 is 1.82 bits per heavy atom. The van der Waals surface area contributed by atoms with Gasteiger partial charge in [0, 0.05) is 13.1 Å². The Kier molecular flexibility index (Phi) is 4.84. The molecule has 1 fully saturated rings. The first kappa shape index (κ1) is 18.5. The lowest BCUT2D eigenvalue weighted by molar-refractivity contribution is -0.138. The molecule has 1 aromatic carbocycles. The number of hydrogen-bond donors (Lipinski definition) is 0. The van der Waals surface area contributed by atoms with Gasteiger partial charge in [0.05, 0.1) is 18.4 Å². The molecule has 2 amide bonds. The number of piperidine rings is 1. The summed E-state index contributed by atoms with van der Waals surface area (Å²) in [5, 5.41) is 0. The van der Waals surface area contributed by atoms with Gasteiger partial charge < -0.3 is 9.32 Å². The van der Waals surface area contributed by atoms with Crippen molar-refractivity contribution in [3.63, 3.8) is 0 Å². The fraction of sp³-hybridized carbons (Fsp3) is 0.391. The summed E-state index contributed by atoms with van der Waals surface area (Å²) in [6, 6.07) is 9.58. The van der Waals surface area contributed by atoms with Crippen LogP contribution in [0.15, 0.2) is 46.7 Å². The van der Waals surface area contributed by atoms with Crippen molar-refractivity contribution in [3.8, 4) is 0 Å². The number of hydrogen-bond acceptors (Lipinski definition) is 4. The third kappa shape index (κ3) is 3.26. The van der Waals surface area contributed by atoms with E-state index in [2.05, 4.69) is 17.9 Å². The molecule has 0 unspecified atom stereocenters. The van der Waals surface area contributed by atoms with Gasteiger partial charge in [-0.1, -0.05) is 30.7 Å². The maximum Gasteiger partial charge on any atom is 0.278 e. The highest BCUT2D eigenvalue weighted by atomic mass is 16.3. The highest BCUT2D eigenvalue weighted by Crippen LogP contribution is 2.36. The van der Waals surface area contributed by atoms with Crippen molar-refractivity contribution in [1.29, 1.82) is 0 Å². The number of imide groups is 1. The van der Waals surface area contributed by atoms with Crippen LogP contribution in [-0.2, 0) is 16.1 Å². The monoisotopic (exact) mass is 378 g/mol. The van der Waals surface area contributed by atoms with Crippen LogP contribution in [0.3, 0.4) is 0 Å². The molecule has 0 radical (unpaired) electrons. The van der Waals surface area contributed by atoms with Gasteiger partial charge >= 0.3 is 0 Å². The molecule has 0 spiro atoms. The molecule has 2 aliphatic rings. The normalized spacial score (nSPS) is 18.5. The molecule has 0 bridgehead atoms. The van der Waals surface area contributed by atoms with Crippen LogP contribution in [-0.4, -0.2) is 34.7 Å². The van der Waals surface area contributed by atoms with Crippen LogP contribution in [0, 0.1) is 19.8 Å². The van der Waals surface area contributed by atoms with Crippen LogP contribution < -0.4 is 0 Å². The van der Waals surface area contributed by atoms with E-state index in [1.807, 2.05) is 26.0 Å². The Bertz CT molecular complexity index is 935. The third-order valence-electron chi connectivity index (χ3n) is 5.79. The molecule has 5 heteroatoms. The molecule has 2 aliphatic heterocycles. The number of carbonyl (C=O) groups is 2. The largest absolute Gasteiger partial charge is 0.467 e. The summed E-state index contributed by atoms with van der Waals surface area (Å²) >= 11 is 0. The number of benzene rings is 1. The molecule has 5 nitrogen and oxygen atoms in total. The Hall–Kier alpha value is -2.82. The van der Waals surface area contributed by atoms with Crippen molar-refractivity contribution in [3.05, 3.63) is 64.7 Å². The van der Waals surface area contributed by atoms with Crippen molar-refractivity contribution in [1.82, 2.24) is 9.80 Å². The van der Waals surface area contributed by atoms with Crippen molar-refractivity contribution >= 4 is 17.4 Å². The molecule has 28 heavy (non-hydrogen) atoms. The maximum absolute atomic E-state index is 13.4. The van der Waals surface area contributed by atoms with Gasteiger partial charge in [-0.25, -0.2) is 0 Å². The zero-order valence-corrected chi connectivity index (χ0v) is 16.7. The molecular formula is C23H26N2O3. The molecule has 0 saturated carbocycles. The molecule has 4 rings (SSSR count). The van der Waals surface area contributed by atoms with Gasteiger partial charge in [0.2, 0.25) is 0 Å². The Labute approximate surface area is 165 Å². The first-order valence-corrected chi connectivity index (χ1v) is 9.91. The molecule has 0 atom stereocenters. The van der Waals surface area contributed by atoms with Gasteiger partial charge in [-0.2, -0.15) is 0 Å². The number of likely N-dealkylation sites (tertiary alicyclic amines) is 1. The quantitative estimate of drug-likeness (QED) is 0.757. The molecular weight excluding hydrogens is 352 g/mol. The first-order chi connectivity index (χ1) is 13.5. The first-order valence-electron chi connectivity index (χ1n) is 9.91. The van der Waals surface area contributed by atoms with Crippen molar-refractivity contribution in [2.24, 2.45) is 5.92 Å². The lowest BCUT2D eigenvalue weighted by Crippen LogP contribution is -2.38. The summed E-state index contributed by atoms with van der Waals surface area (Å²) in [4.78, 5) is 30.2. The maximum atomic E-state index is 13.4. The highest BCUT2D eigenvalue weighted by Gasteiger charge is 2.42. The standard InChI is InChI=1S/C23H26N2O3/c1-15-8-10-24(11-9-15)21-20(19-7-6-16(2)13-17(19)3)22(26)25(23(21)27)14-18-5-4-12-28-18/h4-7,12-13,15H,8-11,14H2,1-3H3. The molecule has 0 aliphatic carbocycles. The number of furan rings is 1. The topological polar surface area (TPSA) is 53.8 Å². The summed E-state index contributed by atoms with van der Waals surface area (Å²) < 4.78 is 5.39. The van der Waals surface area contributed by atoms with Gasteiger partial charge in [-0.15, -0.1) is 0 Å². The number of amides is 2. The smallest absolute Gasteiger partial charge is 0.278 e. The van der Waals surface area contributed by atoms with Gasteiger partial charge in [0.1, 0.15) is 11.5 Å². The second kappa shape index (κ2) is 7.30. The number of aryl methyl sites for hydroxylation is 2. The van der Waals surface area contributed by atoms with E-state index >= 15 is 0 Å². The molecule has 0 N–H and O–H groups in total. The van der Waals surface area contributed by atoms with Crippen LogP contribution in [0.25, 0.3) is 5.57 Å². The highest BCUT2D eigenvalue weighted by molar-refractivity contribution is 6.35. The lowest BCUT2D eigenvalue weighted by atomic mass is 9.95. The SMILES string of the molecule is Cc1ccc(C2=C(N3CCC(C)CC3)C(=O)N(Cc3ccco3)C2=O)c(C)c1. The van der Waals surface area contributed by atoms with Gasteiger partial charge in [-0.05, 0) is 55.9 Å². The summed E-state index contributed by atoms with van der Waals surface area (Å²) in [5.74, 6) is 0.802. The minimum atomic E-state index is -0.234. The van der Waals surface area contributed by atoms with E-state index in [1.54, 1.807) is 18.4 Å². The van der Waals surface area contributed by atoms with Gasteiger partial charge in [0.15, 0.2) is 0 Å². The van der Waals surface area contributed by atoms with Crippen LogP contribution in [0.4, 0.5) is 0 Å². The Morgan fingerprint density at radius 3 is 2.46 bits per heavy atom. The average molecular weight is 378 g/mol. The van der Waals surface area contributed by atoms with Crippen LogP contribution >= 0.6 is 0 Å². The van der Waals surface area contributed by atoms with E-state index in [1.165, 1.54) is 4.90 Å². The van der Waals surface area contributed by atoms with Crippen LogP contribution in [0.5, 0.6) is 0 Å². The zero-order chi connectivity index (χ0) is 19.8.